The minimum Gasteiger partial charge on any atom is -0.486 e. The van der Waals surface area contributed by atoms with Crippen molar-refractivity contribution >= 4 is 11.6 Å². The van der Waals surface area contributed by atoms with Crippen LogP contribution in [0.4, 0.5) is 0 Å². The van der Waals surface area contributed by atoms with E-state index in [1.54, 1.807) is 6.33 Å². The number of aryl methyl sites for hydroxylation is 1. The zero-order valence-electron chi connectivity index (χ0n) is 17.5. The smallest absolute Gasteiger partial charge is 0.144 e. The average molecular weight is 416 g/mol. The van der Waals surface area contributed by atoms with Gasteiger partial charge in [-0.1, -0.05) is 23.7 Å². The van der Waals surface area contributed by atoms with Gasteiger partial charge in [-0.05, 0) is 64.6 Å². The van der Waals surface area contributed by atoms with Crippen molar-refractivity contribution in [3.05, 3.63) is 46.5 Å². The lowest BCUT2D eigenvalue weighted by atomic mass is 9.64. The van der Waals surface area contributed by atoms with E-state index in [4.69, 9.17) is 21.1 Å². The Labute approximate surface area is 177 Å². The van der Waals surface area contributed by atoms with Crippen molar-refractivity contribution in [3.8, 4) is 5.75 Å². The summed E-state index contributed by atoms with van der Waals surface area (Å²) in [6, 6.07) is 6.02. The highest BCUT2D eigenvalue weighted by Crippen LogP contribution is 2.56. The summed E-state index contributed by atoms with van der Waals surface area (Å²) >= 11 is 6.43. The van der Waals surface area contributed by atoms with E-state index in [9.17, 15) is 0 Å². The van der Waals surface area contributed by atoms with Crippen molar-refractivity contribution in [1.82, 2.24) is 14.9 Å². The van der Waals surface area contributed by atoms with Crippen LogP contribution in [0.5, 0.6) is 5.75 Å². The van der Waals surface area contributed by atoms with Gasteiger partial charge in [0.15, 0.2) is 0 Å². The number of benzene rings is 1. The molecule has 1 aromatic carbocycles. The van der Waals surface area contributed by atoms with Crippen molar-refractivity contribution in [1.29, 1.82) is 0 Å². The van der Waals surface area contributed by atoms with E-state index in [1.807, 2.05) is 12.1 Å². The number of aromatic nitrogens is 2. The Bertz CT molecular complexity index is 901. The van der Waals surface area contributed by atoms with Gasteiger partial charge in [0.25, 0.3) is 0 Å². The number of hydrogen-bond donors (Lipinski definition) is 1. The minimum absolute atomic E-state index is 0.0720. The molecule has 2 atom stereocenters. The van der Waals surface area contributed by atoms with Gasteiger partial charge in [0.05, 0.1) is 29.8 Å². The molecule has 2 unspecified atom stereocenters. The maximum Gasteiger partial charge on any atom is 0.144 e. The zero-order valence-corrected chi connectivity index (χ0v) is 18.3. The van der Waals surface area contributed by atoms with Crippen LogP contribution in [0, 0.1) is 18.3 Å². The monoisotopic (exact) mass is 415 g/mol. The van der Waals surface area contributed by atoms with Gasteiger partial charge >= 0.3 is 0 Å². The molecule has 4 heterocycles. The summed E-state index contributed by atoms with van der Waals surface area (Å²) in [4.78, 5) is 10.2. The molecule has 5 nitrogen and oxygen atoms in total. The number of piperidine rings is 1. The molecule has 6 heteroatoms. The third kappa shape index (κ3) is 3.37. The van der Waals surface area contributed by atoms with Gasteiger partial charge in [0.1, 0.15) is 11.4 Å². The molecule has 0 bridgehead atoms. The van der Waals surface area contributed by atoms with Crippen LogP contribution in [0.15, 0.2) is 24.5 Å². The van der Waals surface area contributed by atoms with Crippen LogP contribution in [0.25, 0.3) is 0 Å². The number of aromatic amines is 1. The van der Waals surface area contributed by atoms with E-state index in [0.29, 0.717) is 10.9 Å². The van der Waals surface area contributed by atoms with Crippen LogP contribution in [-0.2, 0) is 11.3 Å². The van der Waals surface area contributed by atoms with Gasteiger partial charge in [0, 0.05) is 23.7 Å². The lowest BCUT2D eigenvalue weighted by Crippen LogP contribution is -2.54. The molecule has 3 aliphatic heterocycles. The first kappa shape index (κ1) is 19.4. The number of H-pyrrole nitrogens is 1. The Morgan fingerprint density at radius 3 is 2.79 bits per heavy atom. The average Bonchev–Trinajstić information content (AvgIpc) is 3.10. The SMILES string of the molecule is Cc1[nH]cnc1CN1CCC2(CC1)COC1c3cccc(Cl)c3OC(C)(C)C1C2. The Morgan fingerprint density at radius 1 is 1.28 bits per heavy atom. The molecule has 1 spiro atoms. The van der Waals surface area contributed by atoms with Gasteiger partial charge in [-0.15, -0.1) is 0 Å². The third-order valence-electron chi connectivity index (χ3n) is 7.37. The second-order valence-corrected chi connectivity index (χ2v) is 10.1. The summed E-state index contributed by atoms with van der Waals surface area (Å²) in [6.45, 7) is 10.4. The largest absolute Gasteiger partial charge is 0.486 e. The Hall–Kier alpha value is -1.56. The fourth-order valence-corrected chi connectivity index (χ4v) is 5.64. The molecule has 0 aliphatic carbocycles. The van der Waals surface area contributed by atoms with Crippen LogP contribution in [-0.4, -0.2) is 40.2 Å². The maximum atomic E-state index is 6.58. The number of likely N-dealkylation sites (tertiary alicyclic amines) is 1. The summed E-state index contributed by atoms with van der Waals surface area (Å²) in [5.74, 6) is 1.14. The van der Waals surface area contributed by atoms with Gasteiger partial charge in [-0.2, -0.15) is 0 Å². The first-order chi connectivity index (χ1) is 13.9. The standard InChI is InChI=1S/C23H30ClN3O2/c1-15-19(26-14-25-15)12-27-9-7-23(8-10-27)11-17-20(28-13-23)16-5-4-6-18(24)21(16)29-22(17,2)3/h4-6,14,17,20H,7-13H2,1-3H3,(H,25,26). The van der Waals surface area contributed by atoms with Crippen molar-refractivity contribution in [2.24, 2.45) is 11.3 Å². The normalized spacial score (nSPS) is 27.9. The van der Waals surface area contributed by atoms with Crippen molar-refractivity contribution in [2.45, 2.75) is 58.3 Å². The number of rotatable bonds is 2. The van der Waals surface area contributed by atoms with Crippen LogP contribution < -0.4 is 4.74 Å². The predicted molar refractivity (Wildman–Crippen MR) is 113 cm³/mol. The summed E-state index contributed by atoms with van der Waals surface area (Å²) in [7, 11) is 0. The Morgan fingerprint density at radius 2 is 2.07 bits per heavy atom. The van der Waals surface area contributed by atoms with Crippen LogP contribution in [0.3, 0.4) is 0 Å². The van der Waals surface area contributed by atoms with E-state index < -0.39 is 0 Å². The number of fused-ring (bicyclic) bond motifs is 3. The fourth-order valence-electron chi connectivity index (χ4n) is 5.42. The molecule has 1 aromatic heterocycles. The molecule has 1 N–H and O–H groups in total. The van der Waals surface area contributed by atoms with Crippen molar-refractivity contribution in [2.75, 3.05) is 19.7 Å². The van der Waals surface area contributed by atoms with Crippen molar-refractivity contribution < 1.29 is 9.47 Å². The number of nitrogens with one attached hydrogen (secondary N) is 1. The van der Waals surface area contributed by atoms with Gasteiger partial charge in [-0.25, -0.2) is 4.98 Å². The first-order valence-electron chi connectivity index (χ1n) is 10.7. The van der Waals surface area contributed by atoms with E-state index >= 15 is 0 Å². The third-order valence-corrected chi connectivity index (χ3v) is 7.67. The highest BCUT2D eigenvalue weighted by molar-refractivity contribution is 6.32. The van der Waals surface area contributed by atoms with Crippen LogP contribution in [0.2, 0.25) is 5.02 Å². The molecule has 2 aromatic rings. The predicted octanol–water partition coefficient (Wildman–Crippen LogP) is 4.90. The lowest BCUT2D eigenvalue weighted by Gasteiger charge is -2.54. The Kier molecular flexibility index (Phi) is 4.68. The maximum absolute atomic E-state index is 6.58. The first-order valence-corrected chi connectivity index (χ1v) is 11.0. The van der Waals surface area contributed by atoms with Crippen LogP contribution in [0.1, 0.15) is 56.2 Å². The molecule has 29 heavy (non-hydrogen) atoms. The number of ether oxygens (including phenoxy) is 2. The van der Waals surface area contributed by atoms with Gasteiger partial charge < -0.3 is 14.5 Å². The Balaban J connectivity index is 1.31. The highest BCUT2D eigenvalue weighted by Gasteiger charge is 2.53. The summed E-state index contributed by atoms with van der Waals surface area (Å²) in [6.07, 6.45) is 5.34. The number of nitrogens with zero attached hydrogens (tertiary/aromatic N) is 2. The molecule has 0 radical (unpaired) electrons. The summed E-state index contributed by atoms with van der Waals surface area (Å²) in [5.41, 5.74) is 3.40. The second-order valence-electron chi connectivity index (χ2n) is 9.66. The topological polar surface area (TPSA) is 50.4 Å². The molecule has 156 valence electrons. The lowest BCUT2D eigenvalue weighted by molar-refractivity contribution is -0.174. The molecule has 0 saturated carbocycles. The van der Waals surface area contributed by atoms with E-state index in [1.165, 1.54) is 5.69 Å². The molecule has 3 aliphatic rings. The quantitative estimate of drug-likeness (QED) is 0.757. The molecule has 0 amide bonds. The summed E-state index contributed by atoms with van der Waals surface area (Å²) in [5, 5.41) is 0.680. The molecular formula is C23H30ClN3O2. The minimum atomic E-state index is -0.292. The molecule has 5 rings (SSSR count). The fraction of sp³-hybridized carbons (Fsp3) is 0.609. The molecule has 2 fully saturated rings. The number of halogens is 1. The summed E-state index contributed by atoms with van der Waals surface area (Å²) < 4.78 is 13.0. The zero-order chi connectivity index (χ0) is 20.2. The highest BCUT2D eigenvalue weighted by atomic mass is 35.5. The number of hydrogen-bond acceptors (Lipinski definition) is 4. The van der Waals surface area contributed by atoms with Crippen LogP contribution >= 0.6 is 11.6 Å². The van der Waals surface area contributed by atoms with Crippen molar-refractivity contribution in [3.63, 3.8) is 0 Å². The molecule has 2 saturated heterocycles. The van der Waals surface area contributed by atoms with Gasteiger partial charge in [0.2, 0.25) is 0 Å². The van der Waals surface area contributed by atoms with E-state index in [0.717, 1.165) is 62.5 Å². The molecular weight excluding hydrogens is 386 g/mol. The van der Waals surface area contributed by atoms with E-state index in [2.05, 4.69) is 41.7 Å². The second kappa shape index (κ2) is 7.00. The number of para-hydroxylation sites is 1. The van der Waals surface area contributed by atoms with Gasteiger partial charge in [-0.3, -0.25) is 4.90 Å². The van der Waals surface area contributed by atoms with E-state index in [-0.39, 0.29) is 17.1 Å². The number of imidazole rings is 1.